The summed E-state index contributed by atoms with van der Waals surface area (Å²) < 4.78 is 0. The number of aryl methyl sites for hydroxylation is 1. The minimum absolute atomic E-state index is 0.0549. The van der Waals surface area contributed by atoms with Crippen molar-refractivity contribution in [2.75, 3.05) is 12.3 Å². The van der Waals surface area contributed by atoms with E-state index in [4.69, 9.17) is 11.6 Å². The van der Waals surface area contributed by atoms with Crippen LogP contribution in [0.25, 0.3) is 0 Å². The highest BCUT2D eigenvalue weighted by atomic mass is 35.5. The molecule has 0 heterocycles. The minimum atomic E-state index is -0.515. The molecule has 0 fully saturated rings. The minimum Gasteiger partial charge on any atom is -0.355 e. The van der Waals surface area contributed by atoms with Crippen molar-refractivity contribution in [3.8, 4) is 0 Å². The van der Waals surface area contributed by atoms with E-state index in [1.807, 2.05) is 38.1 Å². The summed E-state index contributed by atoms with van der Waals surface area (Å²) in [6.45, 7) is 6.71. The fraction of sp³-hybridized carbons (Fsp3) is 0.391. The van der Waals surface area contributed by atoms with E-state index in [1.54, 1.807) is 22.7 Å². The summed E-state index contributed by atoms with van der Waals surface area (Å²) in [5, 5.41) is 3.45. The van der Waals surface area contributed by atoms with E-state index in [0.29, 0.717) is 30.3 Å². The fourth-order valence-corrected chi connectivity index (χ4v) is 4.22. The van der Waals surface area contributed by atoms with Crippen LogP contribution in [-0.2, 0) is 21.9 Å². The average Bonchev–Trinajstić information content (AvgIpc) is 2.69. The van der Waals surface area contributed by atoms with Crippen LogP contribution >= 0.6 is 23.4 Å². The third kappa shape index (κ3) is 7.09. The van der Waals surface area contributed by atoms with Crippen molar-refractivity contribution in [2.45, 2.75) is 45.5 Å². The zero-order valence-corrected chi connectivity index (χ0v) is 18.9. The smallest absolute Gasteiger partial charge is 0.242 e. The number of rotatable bonds is 10. The van der Waals surface area contributed by atoms with Crippen LogP contribution in [0.5, 0.6) is 0 Å². The molecule has 2 amide bonds. The van der Waals surface area contributed by atoms with Crippen molar-refractivity contribution >= 4 is 35.2 Å². The highest BCUT2D eigenvalue weighted by Crippen LogP contribution is 2.21. The van der Waals surface area contributed by atoms with Gasteiger partial charge in [0, 0.05) is 23.9 Å². The Hall–Kier alpha value is -1.98. The molecule has 2 aromatic rings. The first-order valence-corrected chi connectivity index (χ1v) is 11.4. The van der Waals surface area contributed by atoms with Crippen molar-refractivity contribution in [1.82, 2.24) is 10.2 Å². The Morgan fingerprint density at radius 3 is 2.55 bits per heavy atom. The third-order valence-electron chi connectivity index (χ3n) is 4.61. The number of amides is 2. The molecule has 6 heteroatoms. The maximum atomic E-state index is 13.1. The van der Waals surface area contributed by atoms with Crippen molar-refractivity contribution < 1.29 is 9.59 Å². The average molecular weight is 433 g/mol. The van der Waals surface area contributed by atoms with Gasteiger partial charge in [-0.25, -0.2) is 0 Å². The van der Waals surface area contributed by atoms with E-state index in [0.717, 1.165) is 11.3 Å². The maximum absolute atomic E-state index is 13.1. The van der Waals surface area contributed by atoms with Gasteiger partial charge >= 0.3 is 0 Å². The molecule has 4 nitrogen and oxygen atoms in total. The number of halogens is 1. The van der Waals surface area contributed by atoms with Gasteiger partial charge in [-0.3, -0.25) is 9.59 Å². The van der Waals surface area contributed by atoms with Crippen LogP contribution in [0.3, 0.4) is 0 Å². The van der Waals surface area contributed by atoms with Crippen molar-refractivity contribution in [2.24, 2.45) is 0 Å². The van der Waals surface area contributed by atoms with Crippen molar-refractivity contribution in [3.63, 3.8) is 0 Å². The zero-order valence-electron chi connectivity index (χ0n) is 17.3. The summed E-state index contributed by atoms with van der Waals surface area (Å²) >= 11 is 7.88. The Bertz CT molecular complexity index is 828. The van der Waals surface area contributed by atoms with Crippen LogP contribution in [0.2, 0.25) is 5.02 Å². The Morgan fingerprint density at radius 1 is 1.14 bits per heavy atom. The Morgan fingerprint density at radius 2 is 1.90 bits per heavy atom. The normalized spacial score (nSPS) is 11.7. The Kier molecular flexibility index (Phi) is 9.55. The molecular weight excluding hydrogens is 404 g/mol. The van der Waals surface area contributed by atoms with Crippen LogP contribution in [0, 0.1) is 6.92 Å². The molecule has 2 rings (SSSR count). The van der Waals surface area contributed by atoms with Crippen LogP contribution in [0.1, 0.15) is 37.0 Å². The summed E-state index contributed by atoms with van der Waals surface area (Å²) in [6, 6.07) is 15.2. The maximum Gasteiger partial charge on any atom is 0.242 e. The van der Waals surface area contributed by atoms with Gasteiger partial charge in [-0.15, -0.1) is 11.8 Å². The van der Waals surface area contributed by atoms with Crippen molar-refractivity contribution in [3.05, 3.63) is 70.2 Å². The number of likely N-dealkylation sites (N-methyl/N-ethyl adjacent to an activating group) is 1. The monoisotopic (exact) mass is 432 g/mol. The van der Waals surface area contributed by atoms with Gasteiger partial charge in [-0.2, -0.15) is 0 Å². The number of nitrogens with one attached hydrogen (secondary N) is 1. The summed E-state index contributed by atoms with van der Waals surface area (Å²) in [5.41, 5.74) is 3.24. The van der Waals surface area contributed by atoms with E-state index < -0.39 is 6.04 Å². The number of hydrogen-bond donors (Lipinski definition) is 1. The zero-order chi connectivity index (χ0) is 21.2. The van der Waals surface area contributed by atoms with Crippen LogP contribution in [0.4, 0.5) is 0 Å². The van der Waals surface area contributed by atoms with Gasteiger partial charge in [0.05, 0.1) is 5.75 Å². The van der Waals surface area contributed by atoms with E-state index in [-0.39, 0.29) is 11.8 Å². The molecule has 0 aliphatic rings. The fourth-order valence-electron chi connectivity index (χ4n) is 3.16. The van der Waals surface area contributed by atoms with Crippen LogP contribution < -0.4 is 5.32 Å². The second kappa shape index (κ2) is 11.9. The SMILES string of the molecule is CCNC(=O)[C@H](CC)N(Cc1ccccc1Cl)C(=O)CSCc1cccc(C)c1. The van der Waals surface area contributed by atoms with Crippen molar-refractivity contribution in [1.29, 1.82) is 0 Å². The number of benzene rings is 2. The Labute approximate surface area is 183 Å². The summed E-state index contributed by atoms with van der Waals surface area (Å²) in [7, 11) is 0. The molecule has 0 saturated heterocycles. The topological polar surface area (TPSA) is 49.4 Å². The quantitative estimate of drug-likeness (QED) is 0.585. The summed E-state index contributed by atoms with van der Waals surface area (Å²) in [4.78, 5) is 27.4. The molecule has 0 aliphatic heterocycles. The molecule has 1 N–H and O–H groups in total. The highest BCUT2D eigenvalue weighted by molar-refractivity contribution is 7.99. The van der Waals surface area contributed by atoms with E-state index >= 15 is 0 Å². The van der Waals surface area contributed by atoms with Gasteiger partial charge in [-0.05, 0) is 37.5 Å². The lowest BCUT2D eigenvalue weighted by molar-refractivity contribution is -0.139. The van der Waals surface area contributed by atoms with Gasteiger partial charge < -0.3 is 10.2 Å². The first-order valence-electron chi connectivity index (χ1n) is 9.90. The molecule has 0 spiro atoms. The molecule has 156 valence electrons. The molecule has 0 bridgehead atoms. The largest absolute Gasteiger partial charge is 0.355 e. The van der Waals surface area contributed by atoms with E-state index in [1.165, 1.54) is 11.1 Å². The van der Waals surface area contributed by atoms with E-state index in [9.17, 15) is 9.59 Å². The molecule has 1 atom stereocenters. The highest BCUT2D eigenvalue weighted by Gasteiger charge is 2.28. The standard InChI is InChI=1S/C23H29ClN2O2S/c1-4-21(23(28)25-5-2)26(14-19-11-6-7-12-20(19)24)22(27)16-29-15-18-10-8-9-17(3)13-18/h6-13,21H,4-5,14-16H2,1-3H3,(H,25,28)/t21-/m0/s1. The molecule has 0 radical (unpaired) electrons. The van der Waals surface area contributed by atoms with Crippen LogP contribution in [0.15, 0.2) is 48.5 Å². The molecule has 0 unspecified atom stereocenters. The first-order chi connectivity index (χ1) is 14.0. The third-order valence-corrected chi connectivity index (χ3v) is 5.97. The number of carbonyl (C=O) groups excluding carboxylic acids is 2. The number of carbonyl (C=O) groups is 2. The Balaban J connectivity index is 2.12. The molecule has 0 aliphatic carbocycles. The van der Waals surface area contributed by atoms with E-state index in [2.05, 4.69) is 30.4 Å². The second-order valence-electron chi connectivity index (χ2n) is 6.91. The van der Waals surface area contributed by atoms with Gasteiger partial charge in [0.25, 0.3) is 0 Å². The lowest BCUT2D eigenvalue weighted by atomic mass is 10.1. The van der Waals surface area contributed by atoms with Gasteiger partial charge in [-0.1, -0.05) is 66.6 Å². The van der Waals surface area contributed by atoms with Crippen LogP contribution in [-0.4, -0.2) is 35.1 Å². The summed E-state index contributed by atoms with van der Waals surface area (Å²) in [5.74, 6) is 0.888. The predicted molar refractivity (Wildman–Crippen MR) is 122 cm³/mol. The molecule has 0 aromatic heterocycles. The van der Waals surface area contributed by atoms with Gasteiger partial charge in [0.1, 0.15) is 6.04 Å². The second-order valence-corrected chi connectivity index (χ2v) is 8.31. The molecular formula is C23H29ClN2O2S. The molecule has 29 heavy (non-hydrogen) atoms. The molecule has 0 saturated carbocycles. The number of nitrogens with zero attached hydrogens (tertiary/aromatic N) is 1. The number of hydrogen-bond acceptors (Lipinski definition) is 3. The first kappa shape index (κ1) is 23.3. The summed E-state index contributed by atoms with van der Waals surface area (Å²) in [6.07, 6.45) is 0.546. The number of thioether (sulfide) groups is 1. The lowest BCUT2D eigenvalue weighted by Crippen LogP contribution is -2.49. The lowest BCUT2D eigenvalue weighted by Gasteiger charge is -2.30. The van der Waals surface area contributed by atoms with Gasteiger partial charge in [0.2, 0.25) is 11.8 Å². The molecule has 2 aromatic carbocycles. The van der Waals surface area contributed by atoms with Gasteiger partial charge in [0.15, 0.2) is 0 Å². The predicted octanol–water partition coefficient (Wildman–Crippen LogP) is 4.83.